The van der Waals surface area contributed by atoms with Crippen LogP contribution in [0.15, 0.2) is 18.2 Å². The van der Waals surface area contributed by atoms with Crippen LogP contribution in [-0.2, 0) is 4.74 Å². The SMILES string of the molecule is CCCNC(c1ccc(C)cc1C)C1OCCC1C. The van der Waals surface area contributed by atoms with E-state index < -0.39 is 0 Å². The first kappa shape index (κ1) is 14.5. The van der Waals surface area contributed by atoms with Crippen LogP contribution in [0.2, 0.25) is 0 Å². The summed E-state index contributed by atoms with van der Waals surface area (Å²) in [7, 11) is 0. The molecular weight excluding hydrogens is 234 g/mol. The van der Waals surface area contributed by atoms with Gasteiger partial charge in [-0.1, -0.05) is 37.6 Å². The Morgan fingerprint density at radius 1 is 1.37 bits per heavy atom. The summed E-state index contributed by atoms with van der Waals surface area (Å²) >= 11 is 0. The van der Waals surface area contributed by atoms with Gasteiger partial charge in [0.15, 0.2) is 0 Å². The van der Waals surface area contributed by atoms with Crippen LogP contribution in [0.4, 0.5) is 0 Å². The average molecular weight is 261 g/mol. The lowest BCUT2D eigenvalue weighted by Gasteiger charge is -2.29. The van der Waals surface area contributed by atoms with Gasteiger partial charge in [0, 0.05) is 6.61 Å². The number of benzene rings is 1. The maximum absolute atomic E-state index is 6.00. The lowest BCUT2D eigenvalue weighted by molar-refractivity contribution is 0.0605. The van der Waals surface area contributed by atoms with Crippen LogP contribution in [-0.4, -0.2) is 19.3 Å². The molecule has 3 atom stereocenters. The van der Waals surface area contributed by atoms with Gasteiger partial charge in [-0.2, -0.15) is 0 Å². The highest BCUT2D eigenvalue weighted by atomic mass is 16.5. The molecule has 2 rings (SSSR count). The van der Waals surface area contributed by atoms with E-state index in [9.17, 15) is 0 Å². The van der Waals surface area contributed by atoms with Crippen molar-refractivity contribution in [2.45, 2.75) is 52.7 Å². The first-order valence-corrected chi connectivity index (χ1v) is 7.55. The van der Waals surface area contributed by atoms with Crippen molar-refractivity contribution in [1.29, 1.82) is 0 Å². The van der Waals surface area contributed by atoms with Crippen molar-refractivity contribution in [1.82, 2.24) is 5.32 Å². The van der Waals surface area contributed by atoms with Gasteiger partial charge in [-0.25, -0.2) is 0 Å². The molecule has 1 aliphatic rings. The first-order chi connectivity index (χ1) is 9.13. The summed E-state index contributed by atoms with van der Waals surface area (Å²) in [5.74, 6) is 0.634. The van der Waals surface area contributed by atoms with Crippen molar-refractivity contribution in [2.75, 3.05) is 13.2 Å². The number of nitrogens with one attached hydrogen (secondary N) is 1. The molecule has 1 aromatic rings. The molecule has 0 spiro atoms. The van der Waals surface area contributed by atoms with Crippen LogP contribution in [0.5, 0.6) is 0 Å². The molecule has 0 amide bonds. The standard InChI is InChI=1S/C17H27NO/c1-5-9-18-16(17-13(3)8-10-19-17)15-7-6-12(2)11-14(15)4/h6-7,11,13,16-18H,5,8-10H2,1-4H3. The Morgan fingerprint density at radius 2 is 2.16 bits per heavy atom. The molecule has 1 aromatic carbocycles. The van der Waals surface area contributed by atoms with E-state index in [1.54, 1.807) is 0 Å². The summed E-state index contributed by atoms with van der Waals surface area (Å²) in [5.41, 5.74) is 4.10. The van der Waals surface area contributed by atoms with Crippen LogP contribution in [0.3, 0.4) is 0 Å². The summed E-state index contributed by atoms with van der Waals surface area (Å²) in [6, 6.07) is 7.09. The number of hydrogen-bond donors (Lipinski definition) is 1. The zero-order valence-corrected chi connectivity index (χ0v) is 12.7. The minimum absolute atomic E-state index is 0.313. The van der Waals surface area contributed by atoms with Gasteiger partial charge in [-0.15, -0.1) is 0 Å². The minimum Gasteiger partial charge on any atom is -0.376 e. The zero-order valence-electron chi connectivity index (χ0n) is 12.7. The average Bonchev–Trinajstić information content (AvgIpc) is 2.78. The van der Waals surface area contributed by atoms with Crippen molar-refractivity contribution in [3.63, 3.8) is 0 Å². The third-order valence-electron chi connectivity index (χ3n) is 4.15. The molecule has 2 heteroatoms. The molecule has 1 aliphatic heterocycles. The van der Waals surface area contributed by atoms with Gasteiger partial charge in [-0.3, -0.25) is 0 Å². The number of hydrogen-bond acceptors (Lipinski definition) is 2. The van der Waals surface area contributed by atoms with E-state index in [4.69, 9.17) is 4.74 Å². The van der Waals surface area contributed by atoms with Crippen molar-refractivity contribution in [3.8, 4) is 0 Å². The predicted octanol–water partition coefficient (Wildman–Crippen LogP) is 3.77. The summed E-state index contributed by atoms with van der Waals surface area (Å²) in [4.78, 5) is 0. The molecule has 1 saturated heterocycles. The molecule has 2 nitrogen and oxygen atoms in total. The lowest BCUT2D eigenvalue weighted by Crippen LogP contribution is -2.35. The zero-order chi connectivity index (χ0) is 13.8. The Bertz CT molecular complexity index is 416. The third-order valence-corrected chi connectivity index (χ3v) is 4.15. The smallest absolute Gasteiger partial charge is 0.0796 e. The van der Waals surface area contributed by atoms with E-state index in [0.29, 0.717) is 18.1 Å². The number of aryl methyl sites for hydroxylation is 2. The van der Waals surface area contributed by atoms with Crippen molar-refractivity contribution >= 4 is 0 Å². The Labute approximate surface area is 117 Å². The van der Waals surface area contributed by atoms with E-state index in [2.05, 4.69) is 51.2 Å². The molecule has 19 heavy (non-hydrogen) atoms. The Balaban J connectivity index is 2.25. The van der Waals surface area contributed by atoms with Crippen LogP contribution in [0, 0.1) is 19.8 Å². The second-order valence-electron chi connectivity index (χ2n) is 5.89. The second kappa shape index (κ2) is 6.53. The maximum Gasteiger partial charge on any atom is 0.0796 e. The Hall–Kier alpha value is -0.860. The van der Waals surface area contributed by atoms with Gasteiger partial charge in [0.25, 0.3) is 0 Å². The molecule has 1 fully saturated rings. The van der Waals surface area contributed by atoms with Gasteiger partial charge in [0.2, 0.25) is 0 Å². The highest BCUT2D eigenvalue weighted by Gasteiger charge is 2.33. The fourth-order valence-corrected chi connectivity index (χ4v) is 3.02. The second-order valence-corrected chi connectivity index (χ2v) is 5.89. The molecule has 0 saturated carbocycles. The fraction of sp³-hybridized carbons (Fsp3) is 0.647. The van der Waals surface area contributed by atoms with Crippen LogP contribution in [0.25, 0.3) is 0 Å². The topological polar surface area (TPSA) is 21.3 Å². The largest absolute Gasteiger partial charge is 0.376 e. The van der Waals surface area contributed by atoms with E-state index in [1.165, 1.54) is 23.1 Å². The summed E-state index contributed by atoms with van der Waals surface area (Å²) < 4.78 is 6.00. The molecule has 3 unspecified atom stereocenters. The van der Waals surface area contributed by atoms with Crippen molar-refractivity contribution < 1.29 is 4.74 Å². The summed E-state index contributed by atoms with van der Waals surface area (Å²) in [5, 5.41) is 3.69. The van der Waals surface area contributed by atoms with E-state index >= 15 is 0 Å². The quantitative estimate of drug-likeness (QED) is 0.871. The third kappa shape index (κ3) is 3.37. The molecule has 1 heterocycles. The molecular formula is C17H27NO. The highest BCUT2D eigenvalue weighted by molar-refractivity contribution is 5.33. The van der Waals surface area contributed by atoms with Crippen LogP contribution >= 0.6 is 0 Å². The Kier molecular flexibility index (Phi) is 5.00. The highest BCUT2D eigenvalue weighted by Crippen LogP contribution is 2.33. The molecule has 1 N–H and O–H groups in total. The molecule has 0 bridgehead atoms. The van der Waals surface area contributed by atoms with Gasteiger partial charge in [0.1, 0.15) is 0 Å². The van der Waals surface area contributed by atoms with Crippen LogP contribution in [0.1, 0.15) is 49.4 Å². The maximum atomic E-state index is 6.00. The van der Waals surface area contributed by atoms with Gasteiger partial charge in [0.05, 0.1) is 12.1 Å². The predicted molar refractivity (Wildman–Crippen MR) is 80.5 cm³/mol. The summed E-state index contributed by atoms with van der Waals surface area (Å²) in [6.45, 7) is 10.8. The first-order valence-electron chi connectivity index (χ1n) is 7.55. The Morgan fingerprint density at radius 3 is 2.74 bits per heavy atom. The van der Waals surface area contributed by atoms with Crippen LogP contribution < -0.4 is 5.32 Å². The normalized spacial score (nSPS) is 24.6. The molecule has 0 radical (unpaired) electrons. The fourth-order valence-electron chi connectivity index (χ4n) is 3.02. The lowest BCUT2D eigenvalue weighted by atomic mass is 9.89. The monoisotopic (exact) mass is 261 g/mol. The van der Waals surface area contributed by atoms with Crippen molar-refractivity contribution in [2.24, 2.45) is 5.92 Å². The molecule has 0 aliphatic carbocycles. The molecule has 106 valence electrons. The van der Waals surface area contributed by atoms with E-state index in [1.807, 2.05) is 0 Å². The summed E-state index contributed by atoms with van der Waals surface area (Å²) in [6.07, 6.45) is 2.65. The van der Waals surface area contributed by atoms with Crippen molar-refractivity contribution in [3.05, 3.63) is 34.9 Å². The van der Waals surface area contributed by atoms with Gasteiger partial charge < -0.3 is 10.1 Å². The van der Waals surface area contributed by atoms with E-state index in [0.717, 1.165) is 19.6 Å². The number of rotatable bonds is 5. The number of ether oxygens (including phenoxy) is 1. The minimum atomic E-state index is 0.313. The van der Waals surface area contributed by atoms with E-state index in [-0.39, 0.29) is 0 Å². The molecule has 0 aromatic heterocycles. The van der Waals surface area contributed by atoms with Gasteiger partial charge >= 0.3 is 0 Å². The van der Waals surface area contributed by atoms with Gasteiger partial charge in [-0.05, 0) is 50.3 Å².